The molecular formula is C25H27FN4O. The van der Waals surface area contributed by atoms with E-state index < -0.39 is 0 Å². The first-order chi connectivity index (χ1) is 15.1. The Morgan fingerprint density at radius 1 is 1.13 bits per heavy atom. The summed E-state index contributed by atoms with van der Waals surface area (Å²) in [6, 6.07) is 16.6. The number of amides is 1. The summed E-state index contributed by atoms with van der Waals surface area (Å²) in [6.45, 7) is 5.11. The summed E-state index contributed by atoms with van der Waals surface area (Å²) in [5.74, 6) is 0.570. The summed E-state index contributed by atoms with van der Waals surface area (Å²) < 4.78 is 13.0. The van der Waals surface area contributed by atoms with E-state index in [0.29, 0.717) is 17.8 Å². The Labute approximate surface area is 182 Å². The van der Waals surface area contributed by atoms with Crippen LogP contribution in [0.4, 0.5) is 4.39 Å². The molecule has 160 valence electrons. The topological polar surface area (TPSA) is 58.1 Å². The van der Waals surface area contributed by atoms with Gasteiger partial charge in [0.05, 0.1) is 11.3 Å². The van der Waals surface area contributed by atoms with E-state index in [4.69, 9.17) is 0 Å². The van der Waals surface area contributed by atoms with Crippen LogP contribution in [0.5, 0.6) is 0 Å². The van der Waals surface area contributed by atoms with Gasteiger partial charge in [-0.3, -0.25) is 9.69 Å². The van der Waals surface area contributed by atoms with Crippen molar-refractivity contribution < 1.29 is 9.18 Å². The van der Waals surface area contributed by atoms with Crippen LogP contribution in [0.2, 0.25) is 0 Å². The maximum absolute atomic E-state index is 13.0. The lowest BCUT2D eigenvalue weighted by Gasteiger charge is -2.32. The fourth-order valence-electron chi connectivity index (χ4n) is 4.04. The van der Waals surface area contributed by atoms with Crippen LogP contribution >= 0.6 is 0 Å². The Balaban J connectivity index is 1.38. The minimum atomic E-state index is -0.292. The molecule has 2 heterocycles. The minimum Gasteiger partial charge on any atom is -0.348 e. The third-order valence-electron chi connectivity index (χ3n) is 5.73. The average Bonchev–Trinajstić information content (AvgIpc) is 2.79. The Kier molecular flexibility index (Phi) is 6.67. The number of hydrogen-bond donors (Lipinski definition) is 1. The van der Waals surface area contributed by atoms with Gasteiger partial charge in [0.25, 0.3) is 5.91 Å². The van der Waals surface area contributed by atoms with Crippen molar-refractivity contribution in [2.45, 2.75) is 38.8 Å². The van der Waals surface area contributed by atoms with E-state index in [1.54, 1.807) is 18.3 Å². The predicted molar refractivity (Wildman–Crippen MR) is 118 cm³/mol. The van der Waals surface area contributed by atoms with Crippen LogP contribution in [-0.2, 0) is 13.1 Å². The number of carbonyl (C=O) groups is 1. The van der Waals surface area contributed by atoms with Crippen molar-refractivity contribution in [3.05, 3.63) is 94.8 Å². The highest BCUT2D eigenvalue weighted by Crippen LogP contribution is 2.26. The second-order valence-electron chi connectivity index (χ2n) is 8.10. The van der Waals surface area contributed by atoms with E-state index in [1.807, 2.05) is 13.0 Å². The van der Waals surface area contributed by atoms with Crippen LogP contribution < -0.4 is 5.32 Å². The van der Waals surface area contributed by atoms with E-state index in [2.05, 4.69) is 44.5 Å². The quantitative estimate of drug-likeness (QED) is 0.651. The zero-order valence-electron chi connectivity index (χ0n) is 17.7. The third kappa shape index (κ3) is 5.52. The molecule has 5 nitrogen and oxygen atoms in total. The standard InChI is InChI=1S/C25H27FN4O/c1-18-23(25(31)28-14-19-9-11-22(26)12-10-19)15-27-24(29-18)21-8-5-13-30(17-21)16-20-6-3-2-4-7-20/h2-4,6-7,9-12,15,21H,5,8,13-14,16-17H2,1H3,(H,28,31)/t21-/m0/s1. The average molecular weight is 419 g/mol. The molecule has 0 spiro atoms. The number of piperidine rings is 1. The summed E-state index contributed by atoms with van der Waals surface area (Å²) in [5, 5.41) is 2.86. The van der Waals surface area contributed by atoms with E-state index in [1.165, 1.54) is 17.7 Å². The number of rotatable bonds is 6. The van der Waals surface area contributed by atoms with Crippen LogP contribution in [-0.4, -0.2) is 33.9 Å². The SMILES string of the molecule is Cc1nc([C@H]2CCCN(Cc3ccccc3)C2)ncc1C(=O)NCc1ccc(F)cc1. The van der Waals surface area contributed by atoms with Crippen LogP contribution in [0.1, 0.15) is 51.8 Å². The fourth-order valence-corrected chi connectivity index (χ4v) is 4.04. The predicted octanol–water partition coefficient (Wildman–Crippen LogP) is 4.23. The molecule has 1 N–H and O–H groups in total. The normalized spacial score (nSPS) is 16.8. The van der Waals surface area contributed by atoms with Gasteiger partial charge in [-0.15, -0.1) is 0 Å². The van der Waals surface area contributed by atoms with Crippen molar-refractivity contribution in [1.82, 2.24) is 20.2 Å². The molecule has 1 atom stereocenters. The van der Waals surface area contributed by atoms with Gasteiger partial charge in [0.15, 0.2) is 0 Å². The third-order valence-corrected chi connectivity index (χ3v) is 5.73. The number of benzene rings is 2. The Bertz CT molecular complexity index is 1020. The molecule has 6 heteroatoms. The summed E-state index contributed by atoms with van der Waals surface area (Å²) >= 11 is 0. The van der Waals surface area contributed by atoms with Crippen molar-refractivity contribution in [3.8, 4) is 0 Å². The fraction of sp³-hybridized carbons (Fsp3) is 0.320. The van der Waals surface area contributed by atoms with E-state index in [-0.39, 0.29) is 17.6 Å². The number of nitrogens with zero attached hydrogens (tertiary/aromatic N) is 3. The number of aryl methyl sites for hydroxylation is 1. The lowest BCUT2D eigenvalue weighted by molar-refractivity contribution is 0.0949. The zero-order chi connectivity index (χ0) is 21.6. The number of likely N-dealkylation sites (tertiary alicyclic amines) is 1. The molecule has 1 saturated heterocycles. The van der Waals surface area contributed by atoms with Gasteiger partial charge in [-0.05, 0) is 49.6 Å². The van der Waals surface area contributed by atoms with Gasteiger partial charge < -0.3 is 5.32 Å². The molecule has 0 unspecified atom stereocenters. The van der Waals surface area contributed by atoms with Gasteiger partial charge in [-0.25, -0.2) is 14.4 Å². The van der Waals surface area contributed by atoms with Crippen molar-refractivity contribution in [2.75, 3.05) is 13.1 Å². The van der Waals surface area contributed by atoms with Crippen LogP contribution in [0.3, 0.4) is 0 Å². The van der Waals surface area contributed by atoms with Gasteiger partial charge in [-0.2, -0.15) is 0 Å². The minimum absolute atomic E-state index is 0.220. The molecule has 1 aliphatic heterocycles. The van der Waals surface area contributed by atoms with Crippen molar-refractivity contribution >= 4 is 5.91 Å². The smallest absolute Gasteiger partial charge is 0.254 e. The summed E-state index contributed by atoms with van der Waals surface area (Å²) in [7, 11) is 0. The monoisotopic (exact) mass is 418 g/mol. The molecule has 31 heavy (non-hydrogen) atoms. The van der Waals surface area contributed by atoms with Crippen LogP contribution in [0.15, 0.2) is 60.8 Å². The first-order valence-electron chi connectivity index (χ1n) is 10.7. The van der Waals surface area contributed by atoms with Crippen molar-refractivity contribution in [3.63, 3.8) is 0 Å². The first-order valence-corrected chi connectivity index (χ1v) is 10.7. The van der Waals surface area contributed by atoms with E-state index in [0.717, 1.165) is 43.9 Å². The lowest BCUT2D eigenvalue weighted by Crippen LogP contribution is -2.34. The van der Waals surface area contributed by atoms with Crippen molar-refractivity contribution in [1.29, 1.82) is 0 Å². The maximum Gasteiger partial charge on any atom is 0.254 e. The maximum atomic E-state index is 13.0. The molecule has 4 rings (SSSR count). The second-order valence-corrected chi connectivity index (χ2v) is 8.10. The summed E-state index contributed by atoms with van der Waals surface area (Å²) in [4.78, 5) is 24.2. The van der Waals surface area contributed by atoms with Crippen LogP contribution in [0, 0.1) is 12.7 Å². The molecule has 1 amide bonds. The lowest BCUT2D eigenvalue weighted by atomic mass is 9.96. The number of halogens is 1. The highest BCUT2D eigenvalue weighted by atomic mass is 19.1. The van der Waals surface area contributed by atoms with Gasteiger partial charge >= 0.3 is 0 Å². The number of nitrogens with one attached hydrogen (secondary N) is 1. The molecule has 1 aromatic heterocycles. The number of aromatic nitrogens is 2. The van der Waals surface area contributed by atoms with Crippen LogP contribution in [0.25, 0.3) is 0 Å². The molecule has 0 aliphatic carbocycles. The molecule has 1 aliphatic rings. The van der Waals surface area contributed by atoms with E-state index >= 15 is 0 Å². The number of hydrogen-bond acceptors (Lipinski definition) is 4. The van der Waals surface area contributed by atoms with Gasteiger partial charge in [0.2, 0.25) is 0 Å². The van der Waals surface area contributed by atoms with Crippen molar-refractivity contribution in [2.24, 2.45) is 0 Å². The largest absolute Gasteiger partial charge is 0.348 e. The molecular weight excluding hydrogens is 391 g/mol. The molecule has 2 aromatic carbocycles. The second kappa shape index (κ2) is 9.79. The first kappa shape index (κ1) is 21.1. The Morgan fingerprint density at radius 3 is 2.65 bits per heavy atom. The highest BCUT2D eigenvalue weighted by molar-refractivity contribution is 5.94. The highest BCUT2D eigenvalue weighted by Gasteiger charge is 2.24. The molecule has 0 radical (unpaired) electrons. The summed E-state index contributed by atoms with van der Waals surface area (Å²) in [6.07, 6.45) is 3.80. The molecule has 1 fully saturated rings. The van der Waals surface area contributed by atoms with Gasteiger partial charge in [0.1, 0.15) is 11.6 Å². The molecule has 0 saturated carbocycles. The van der Waals surface area contributed by atoms with Gasteiger partial charge in [0, 0.05) is 31.7 Å². The Hall–Kier alpha value is -3.12. The van der Waals surface area contributed by atoms with Gasteiger partial charge in [-0.1, -0.05) is 42.5 Å². The Morgan fingerprint density at radius 2 is 1.90 bits per heavy atom. The zero-order valence-corrected chi connectivity index (χ0v) is 17.7. The molecule has 3 aromatic rings. The molecule has 0 bridgehead atoms. The summed E-state index contributed by atoms with van der Waals surface area (Å²) in [5.41, 5.74) is 3.31. The number of carbonyl (C=O) groups excluding carboxylic acids is 1. The van der Waals surface area contributed by atoms with E-state index in [9.17, 15) is 9.18 Å².